The Morgan fingerprint density at radius 3 is 2.79 bits per heavy atom. The quantitative estimate of drug-likeness (QED) is 0.687. The summed E-state index contributed by atoms with van der Waals surface area (Å²) in [5, 5.41) is 0. The summed E-state index contributed by atoms with van der Waals surface area (Å²) in [6.07, 6.45) is 0. The highest BCUT2D eigenvalue weighted by Crippen LogP contribution is 2.33. The number of hydrogen-bond donors (Lipinski definition) is 0. The number of benzene rings is 1. The van der Waals surface area contributed by atoms with Gasteiger partial charge in [0.2, 0.25) is 0 Å². The van der Waals surface area contributed by atoms with E-state index in [4.69, 9.17) is 0 Å². The zero-order chi connectivity index (χ0) is 10.3. The Labute approximate surface area is 94.2 Å². The van der Waals surface area contributed by atoms with Gasteiger partial charge >= 0.3 is 0 Å². The molecule has 0 bridgehead atoms. The van der Waals surface area contributed by atoms with Crippen molar-refractivity contribution in [3.63, 3.8) is 0 Å². The van der Waals surface area contributed by atoms with Crippen LogP contribution >= 0.6 is 15.9 Å². The predicted octanol–water partition coefficient (Wildman–Crippen LogP) is 3.17. The molecular weight excluding hydrogens is 238 g/mol. The molecule has 1 aliphatic heterocycles. The van der Waals surface area contributed by atoms with Gasteiger partial charge in [0.15, 0.2) is 0 Å². The highest BCUT2D eigenvalue weighted by Gasteiger charge is 2.29. The van der Waals surface area contributed by atoms with E-state index in [1.54, 1.807) is 0 Å². The molecule has 1 nitrogen and oxygen atoms in total. The average Bonchev–Trinajstić information content (AvgIpc) is 2.00. The fourth-order valence-corrected chi connectivity index (χ4v) is 2.87. The lowest BCUT2D eigenvalue weighted by Gasteiger charge is -2.38. The Kier molecular flexibility index (Phi) is 2.44. The van der Waals surface area contributed by atoms with Crippen molar-refractivity contribution in [2.24, 2.45) is 0 Å². The molecule has 14 heavy (non-hydrogen) atoms. The molecule has 0 N–H and O–H groups in total. The van der Waals surface area contributed by atoms with E-state index >= 15 is 0 Å². The molecule has 2 heteroatoms. The van der Waals surface area contributed by atoms with E-state index in [-0.39, 0.29) is 5.41 Å². The van der Waals surface area contributed by atoms with Gasteiger partial charge in [0, 0.05) is 23.0 Å². The minimum absolute atomic E-state index is 0.281. The minimum atomic E-state index is 0.281. The Hall–Kier alpha value is -0.340. The van der Waals surface area contributed by atoms with Crippen LogP contribution in [0.25, 0.3) is 0 Å². The summed E-state index contributed by atoms with van der Waals surface area (Å²) in [7, 11) is 2.19. The third-order valence-corrected chi connectivity index (χ3v) is 3.40. The number of nitrogens with zero attached hydrogens (tertiary/aromatic N) is 1. The zero-order valence-corrected chi connectivity index (χ0v) is 10.6. The Bertz CT molecular complexity index is 357. The van der Waals surface area contributed by atoms with Gasteiger partial charge in [-0.05, 0) is 30.3 Å². The van der Waals surface area contributed by atoms with Crippen LogP contribution in [0.1, 0.15) is 25.0 Å². The van der Waals surface area contributed by atoms with Crippen molar-refractivity contribution in [2.75, 3.05) is 13.6 Å². The average molecular weight is 254 g/mol. The van der Waals surface area contributed by atoms with Gasteiger partial charge in [-0.2, -0.15) is 0 Å². The normalized spacial score (nSPS) is 20.6. The topological polar surface area (TPSA) is 3.24 Å². The smallest absolute Gasteiger partial charge is 0.0234 e. The third-order valence-electron chi connectivity index (χ3n) is 2.90. The first-order valence-corrected chi connectivity index (χ1v) is 5.76. The van der Waals surface area contributed by atoms with E-state index < -0.39 is 0 Å². The Balaban J connectivity index is 2.52. The number of likely N-dealkylation sites (N-methyl/N-ethyl adjacent to an activating group) is 1. The van der Waals surface area contributed by atoms with Gasteiger partial charge in [-0.25, -0.2) is 0 Å². The second-order valence-electron chi connectivity index (χ2n) is 4.86. The molecule has 0 saturated carbocycles. The number of halogens is 1. The summed E-state index contributed by atoms with van der Waals surface area (Å²) in [6.45, 7) is 6.84. The molecule has 0 unspecified atom stereocenters. The highest BCUT2D eigenvalue weighted by atomic mass is 79.9. The van der Waals surface area contributed by atoms with E-state index in [1.807, 2.05) is 0 Å². The third kappa shape index (κ3) is 1.73. The Morgan fingerprint density at radius 2 is 2.07 bits per heavy atom. The lowest BCUT2D eigenvalue weighted by Crippen LogP contribution is -2.39. The fourth-order valence-electron chi connectivity index (χ4n) is 2.46. The first-order valence-electron chi connectivity index (χ1n) is 4.96. The standard InChI is InChI=1S/C12H16BrN/c1-12(2)8-14(3)7-9-6-10(13)4-5-11(9)12/h4-6H,7-8H2,1-3H3. The molecule has 2 rings (SSSR count). The van der Waals surface area contributed by atoms with E-state index in [0.717, 1.165) is 13.1 Å². The van der Waals surface area contributed by atoms with Gasteiger partial charge in [0.1, 0.15) is 0 Å². The molecule has 0 spiro atoms. The highest BCUT2D eigenvalue weighted by molar-refractivity contribution is 9.10. The summed E-state index contributed by atoms with van der Waals surface area (Å²) in [6, 6.07) is 6.64. The van der Waals surface area contributed by atoms with Gasteiger partial charge in [-0.1, -0.05) is 35.8 Å². The van der Waals surface area contributed by atoms with Crippen LogP contribution in [0.4, 0.5) is 0 Å². The second-order valence-corrected chi connectivity index (χ2v) is 5.77. The summed E-state index contributed by atoms with van der Waals surface area (Å²) in [5.74, 6) is 0. The van der Waals surface area contributed by atoms with Crippen LogP contribution in [0.3, 0.4) is 0 Å². The zero-order valence-electron chi connectivity index (χ0n) is 8.97. The molecule has 0 atom stereocenters. The van der Waals surface area contributed by atoms with Crippen molar-refractivity contribution in [3.05, 3.63) is 33.8 Å². The number of rotatable bonds is 0. The van der Waals surface area contributed by atoms with Crippen molar-refractivity contribution in [3.8, 4) is 0 Å². The van der Waals surface area contributed by atoms with Crippen LogP contribution < -0.4 is 0 Å². The second kappa shape index (κ2) is 3.35. The predicted molar refractivity (Wildman–Crippen MR) is 63.5 cm³/mol. The van der Waals surface area contributed by atoms with Gasteiger partial charge in [-0.3, -0.25) is 0 Å². The van der Waals surface area contributed by atoms with E-state index in [2.05, 4.69) is 59.9 Å². The largest absolute Gasteiger partial charge is 0.301 e. The molecule has 1 aromatic rings. The van der Waals surface area contributed by atoms with Crippen molar-refractivity contribution < 1.29 is 0 Å². The van der Waals surface area contributed by atoms with Crippen LogP contribution in [0.2, 0.25) is 0 Å². The molecule has 0 radical (unpaired) electrons. The van der Waals surface area contributed by atoms with Gasteiger partial charge < -0.3 is 4.90 Å². The van der Waals surface area contributed by atoms with Gasteiger partial charge in [0.25, 0.3) is 0 Å². The number of fused-ring (bicyclic) bond motifs is 1. The molecule has 0 saturated heterocycles. The monoisotopic (exact) mass is 253 g/mol. The maximum atomic E-state index is 3.53. The maximum absolute atomic E-state index is 3.53. The van der Waals surface area contributed by atoms with Crippen LogP contribution in [0, 0.1) is 0 Å². The lowest BCUT2D eigenvalue weighted by molar-refractivity contribution is 0.235. The Morgan fingerprint density at radius 1 is 1.36 bits per heavy atom. The fraction of sp³-hybridized carbons (Fsp3) is 0.500. The van der Waals surface area contributed by atoms with Crippen molar-refractivity contribution >= 4 is 15.9 Å². The molecule has 1 aromatic carbocycles. The van der Waals surface area contributed by atoms with Gasteiger partial charge in [-0.15, -0.1) is 0 Å². The van der Waals surface area contributed by atoms with Crippen molar-refractivity contribution in [2.45, 2.75) is 25.8 Å². The molecule has 76 valence electrons. The first kappa shape index (κ1) is 10.2. The summed E-state index contributed by atoms with van der Waals surface area (Å²) < 4.78 is 1.18. The number of hydrogen-bond acceptors (Lipinski definition) is 1. The summed E-state index contributed by atoms with van der Waals surface area (Å²) in [5.41, 5.74) is 3.24. The molecule has 0 amide bonds. The van der Waals surface area contributed by atoms with E-state index in [0.29, 0.717) is 0 Å². The molecular formula is C12H16BrN. The summed E-state index contributed by atoms with van der Waals surface area (Å²) in [4.78, 5) is 2.38. The van der Waals surface area contributed by atoms with E-state index in [9.17, 15) is 0 Å². The molecule has 0 aliphatic carbocycles. The van der Waals surface area contributed by atoms with E-state index in [1.165, 1.54) is 15.6 Å². The minimum Gasteiger partial charge on any atom is -0.301 e. The van der Waals surface area contributed by atoms with Gasteiger partial charge in [0.05, 0.1) is 0 Å². The molecule has 0 fully saturated rings. The first-order chi connectivity index (χ1) is 6.49. The molecule has 1 aliphatic rings. The van der Waals surface area contributed by atoms with Crippen LogP contribution in [0.15, 0.2) is 22.7 Å². The lowest BCUT2D eigenvalue weighted by atomic mass is 9.78. The van der Waals surface area contributed by atoms with Crippen LogP contribution in [0.5, 0.6) is 0 Å². The van der Waals surface area contributed by atoms with Crippen LogP contribution in [-0.2, 0) is 12.0 Å². The maximum Gasteiger partial charge on any atom is 0.0234 e. The van der Waals surface area contributed by atoms with Crippen LogP contribution in [-0.4, -0.2) is 18.5 Å². The summed E-state index contributed by atoms with van der Waals surface area (Å²) >= 11 is 3.53. The molecule has 1 heterocycles. The SMILES string of the molecule is CN1Cc2cc(Br)ccc2C(C)(C)C1. The van der Waals surface area contributed by atoms with Crippen molar-refractivity contribution in [1.29, 1.82) is 0 Å². The molecule has 0 aromatic heterocycles. The van der Waals surface area contributed by atoms with Crippen molar-refractivity contribution in [1.82, 2.24) is 4.90 Å².